The summed E-state index contributed by atoms with van der Waals surface area (Å²) in [5.41, 5.74) is 5.79. The standard InChI is InChI=1S/C14H19FN2OS/c1-2-19-11-5-4-10(8-11)17-14(18)9-3-6-13(16)12(15)7-9/h3,6-7,10-11H,2,4-5,8,16H2,1H3,(H,17,18). The minimum Gasteiger partial charge on any atom is -0.396 e. The molecular formula is C14H19FN2OS. The van der Waals surface area contributed by atoms with Crippen LogP contribution in [0.3, 0.4) is 0 Å². The van der Waals surface area contributed by atoms with Crippen LogP contribution >= 0.6 is 11.8 Å². The molecule has 0 bridgehead atoms. The first-order valence-electron chi connectivity index (χ1n) is 6.57. The van der Waals surface area contributed by atoms with Gasteiger partial charge in [-0.15, -0.1) is 0 Å². The molecule has 0 radical (unpaired) electrons. The van der Waals surface area contributed by atoms with Gasteiger partial charge in [-0.2, -0.15) is 11.8 Å². The lowest BCUT2D eigenvalue weighted by Crippen LogP contribution is -2.33. The molecule has 2 rings (SSSR count). The van der Waals surface area contributed by atoms with Gasteiger partial charge < -0.3 is 11.1 Å². The van der Waals surface area contributed by atoms with Crippen LogP contribution in [0.15, 0.2) is 18.2 Å². The van der Waals surface area contributed by atoms with Gasteiger partial charge in [-0.3, -0.25) is 4.79 Å². The Morgan fingerprint density at radius 2 is 2.32 bits per heavy atom. The topological polar surface area (TPSA) is 55.1 Å². The molecule has 0 aromatic heterocycles. The van der Waals surface area contributed by atoms with Crippen molar-refractivity contribution < 1.29 is 9.18 Å². The minimum absolute atomic E-state index is 0.0665. The van der Waals surface area contributed by atoms with Crippen molar-refractivity contribution in [3.05, 3.63) is 29.6 Å². The van der Waals surface area contributed by atoms with Gasteiger partial charge in [0.05, 0.1) is 5.69 Å². The minimum atomic E-state index is -0.543. The lowest BCUT2D eigenvalue weighted by atomic mass is 10.1. The number of nitrogen functional groups attached to an aromatic ring is 1. The number of hydrogen-bond donors (Lipinski definition) is 2. The number of carbonyl (C=O) groups is 1. The molecule has 3 nitrogen and oxygen atoms in total. The van der Waals surface area contributed by atoms with Crippen LogP contribution in [0.1, 0.15) is 36.5 Å². The highest BCUT2D eigenvalue weighted by molar-refractivity contribution is 7.99. The average Bonchev–Trinajstić information content (AvgIpc) is 2.80. The van der Waals surface area contributed by atoms with E-state index in [0.717, 1.165) is 25.0 Å². The van der Waals surface area contributed by atoms with Crippen LogP contribution in [-0.2, 0) is 0 Å². The number of halogens is 1. The number of amides is 1. The van der Waals surface area contributed by atoms with Gasteiger partial charge in [-0.25, -0.2) is 4.39 Å². The third-order valence-electron chi connectivity index (χ3n) is 3.38. The molecule has 2 unspecified atom stereocenters. The number of anilines is 1. The largest absolute Gasteiger partial charge is 0.396 e. The van der Waals surface area contributed by atoms with Crippen molar-refractivity contribution in [2.45, 2.75) is 37.5 Å². The van der Waals surface area contributed by atoms with E-state index < -0.39 is 5.82 Å². The van der Waals surface area contributed by atoms with Gasteiger partial charge in [-0.05, 0) is 43.2 Å². The molecule has 0 aliphatic heterocycles. The predicted molar refractivity (Wildman–Crippen MR) is 77.8 cm³/mol. The van der Waals surface area contributed by atoms with Crippen LogP contribution in [-0.4, -0.2) is 23.0 Å². The SMILES string of the molecule is CCSC1CCC(NC(=O)c2ccc(N)c(F)c2)C1. The Hall–Kier alpha value is -1.23. The lowest BCUT2D eigenvalue weighted by molar-refractivity contribution is 0.0937. The highest BCUT2D eigenvalue weighted by Crippen LogP contribution is 2.29. The summed E-state index contributed by atoms with van der Waals surface area (Å²) in [4.78, 5) is 12.0. The van der Waals surface area contributed by atoms with Crippen molar-refractivity contribution in [2.24, 2.45) is 0 Å². The Morgan fingerprint density at radius 3 is 3.00 bits per heavy atom. The summed E-state index contributed by atoms with van der Waals surface area (Å²) in [6.45, 7) is 2.15. The molecule has 1 fully saturated rings. The van der Waals surface area contributed by atoms with E-state index in [-0.39, 0.29) is 17.6 Å². The molecule has 2 atom stereocenters. The number of rotatable bonds is 4. The van der Waals surface area contributed by atoms with Gasteiger partial charge in [-0.1, -0.05) is 6.92 Å². The fraction of sp³-hybridized carbons (Fsp3) is 0.500. The van der Waals surface area contributed by atoms with E-state index in [0.29, 0.717) is 10.8 Å². The molecule has 3 N–H and O–H groups in total. The molecule has 5 heteroatoms. The number of carbonyl (C=O) groups excluding carboxylic acids is 1. The van der Waals surface area contributed by atoms with Gasteiger partial charge in [0, 0.05) is 16.9 Å². The number of benzene rings is 1. The highest BCUT2D eigenvalue weighted by atomic mass is 32.2. The van der Waals surface area contributed by atoms with Crippen LogP contribution in [0.25, 0.3) is 0 Å². The molecular weight excluding hydrogens is 263 g/mol. The van der Waals surface area contributed by atoms with Gasteiger partial charge in [0.25, 0.3) is 5.91 Å². The van der Waals surface area contributed by atoms with Crippen molar-refractivity contribution in [3.8, 4) is 0 Å². The quantitative estimate of drug-likeness (QED) is 0.835. The van der Waals surface area contributed by atoms with E-state index >= 15 is 0 Å². The number of thioether (sulfide) groups is 1. The predicted octanol–water partition coefficient (Wildman–Crippen LogP) is 2.81. The Labute approximate surface area is 117 Å². The zero-order valence-corrected chi connectivity index (χ0v) is 11.8. The lowest BCUT2D eigenvalue weighted by Gasteiger charge is -2.13. The maximum absolute atomic E-state index is 13.3. The first kappa shape index (κ1) is 14.2. The maximum atomic E-state index is 13.3. The molecule has 1 saturated carbocycles. The molecule has 1 aliphatic rings. The highest BCUT2D eigenvalue weighted by Gasteiger charge is 2.26. The molecule has 0 spiro atoms. The number of nitrogens with two attached hydrogens (primary N) is 1. The van der Waals surface area contributed by atoms with Crippen molar-refractivity contribution >= 4 is 23.4 Å². The van der Waals surface area contributed by atoms with Crippen LogP contribution < -0.4 is 11.1 Å². The second-order valence-electron chi connectivity index (χ2n) is 4.80. The second kappa shape index (κ2) is 6.28. The van der Waals surface area contributed by atoms with E-state index in [1.807, 2.05) is 11.8 Å². The summed E-state index contributed by atoms with van der Waals surface area (Å²) in [5, 5.41) is 3.61. The fourth-order valence-corrected chi connectivity index (χ4v) is 3.54. The Morgan fingerprint density at radius 1 is 1.53 bits per heavy atom. The molecule has 0 heterocycles. The van der Waals surface area contributed by atoms with Crippen LogP contribution in [0, 0.1) is 5.82 Å². The number of nitrogens with one attached hydrogen (secondary N) is 1. The summed E-state index contributed by atoms with van der Waals surface area (Å²) in [7, 11) is 0. The Bertz CT molecular complexity index is 467. The molecule has 19 heavy (non-hydrogen) atoms. The van der Waals surface area contributed by atoms with Gasteiger partial charge >= 0.3 is 0 Å². The first-order valence-corrected chi connectivity index (χ1v) is 7.62. The summed E-state index contributed by atoms with van der Waals surface area (Å²) in [6, 6.07) is 4.38. The Balaban J connectivity index is 1.92. The molecule has 1 aromatic rings. The third kappa shape index (κ3) is 3.62. The summed E-state index contributed by atoms with van der Waals surface area (Å²) in [6.07, 6.45) is 3.14. The fourth-order valence-electron chi connectivity index (χ4n) is 2.40. The maximum Gasteiger partial charge on any atom is 0.251 e. The average molecular weight is 282 g/mol. The van der Waals surface area contributed by atoms with Gasteiger partial charge in [0.15, 0.2) is 0 Å². The molecule has 104 valence electrons. The van der Waals surface area contributed by atoms with Crippen molar-refractivity contribution in [1.82, 2.24) is 5.32 Å². The van der Waals surface area contributed by atoms with Crippen LogP contribution in [0.4, 0.5) is 10.1 Å². The smallest absolute Gasteiger partial charge is 0.251 e. The van der Waals surface area contributed by atoms with E-state index in [1.165, 1.54) is 12.1 Å². The van der Waals surface area contributed by atoms with Crippen molar-refractivity contribution in [2.75, 3.05) is 11.5 Å². The van der Waals surface area contributed by atoms with Crippen LogP contribution in [0.5, 0.6) is 0 Å². The molecule has 1 aromatic carbocycles. The zero-order valence-electron chi connectivity index (χ0n) is 11.0. The van der Waals surface area contributed by atoms with E-state index in [1.54, 1.807) is 6.07 Å². The van der Waals surface area contributed by atoms with Crippen molar-refractivity contribution in [1.29, 1.82) is 0 Å². The summed E-state index contributed by atoms with van der Waals surface area (Å²) < 4.78 is 13.3. The molecule has 1 aliphatic carbocycles. The van der Waals surface area contributed by atoms with Gasteiger partial charge in [0.1, 0.15) is 5.82 Å². The van der Waals surface area contributed by atoms with E-state index in [4.69, 9.17) is 5.73 Å². The monoisotopic (exact) mass is 282 g/mol. The normalized spacial score (nSPS) is 22.4. The van der Waals surface area contributed by atoms with E-state index in [9.17, 15) is 9.18 Å². The zero-order chi connectivity index (χ0) is 13.8. The Kier molecular flexibility index (Phi) is 4.69. The third-order valence-corrected chi connectivity index (χ3v) is 4.62. The summed E-state index contributed by atoms with van der Waals surface area (Å²) >= 11 is 1.94. The van der Waals surface area contributed by atoms with Crippen molar-refractivity contribution in [3.63, 3.8) is 0 Å². The molecule has 0 saturated heterocycles. The van der Waals surface area contributed by atoms with Crippen LogP contribution in [0.2, 0.25) is 0 Å². The van der Waals surface area contributed by atoms with Gasteiger partial charge in [0.2, 0.25) is 0 Å². The second-order valence-corrected chi connectivity index (χ2v) is 6.37. The first-order chi connectivity index (χ1) is 9.10. The molecule has 1 amide bonds. The summed E-state index contributed by atoms with van der Waals surface area (Å²) in [5.74, 6) is 0.346. The van der Waals surface area contributed by atoms with E-state index in [2.05, 4.69) is 12.2 Å². The number of hydrogen-bond acceptors (Lipinski definition) is 3.